The molecule has 1 saturated carbocycles. The van der Waals surface area contributed by atoms with Gasteiger partial charge >= 0.3 is 6.03 Å². The molecule has 0 radical (unpaired) electrons. The summed E-state index contributed by atoms with van der Waals surface area (Å²) >= 11 is 0. The van der Waals surface area contributed by atoms with Gasteiger partial charge < -0.3 is 9.80 Å². The Hall–Kier alpha value is -2.11. The average Bonchev–Trinajstić information content (AvgIpc) is 3.22. The van der Waals surface area contributed by atoms with Crippen LogP contribution in [0.3, 0.4) is 0 Å². The molecule has 23 heavy (non-hydrogen) atoms. The molecule has 0 aromatic carbocycles. The highest BCUT2D eigenvalue weighted by Gasteiger charge is 2.36. The van der Waals surface area contributed by atoms with Gasteiger partial charge in [0, 0.05) is 31.7 Å². The first-order valence-corrected chi connectivity index (χ1v) is 8.33. The van der Waals surface area contributed by atoms with E-state index in [-0.39, 0.29) is 18.0 Å². The fourth-order valence-corrected chi connectivity index (χ4v) is 3.23. The molecule has 2 aliphatic rings. The minimum Gasteiger partial charge on any atom is -0.338 e. The summed E-state index contributed by atoms with van der Waals surface area (Å²) in [6.45, 7) is 4.90. The van der Waals surface area contributed by atoms with Crippen LogP contribution < -0.4 is 5.32 Å². The minimum atomic E-state index is -0.120. The maximum atomic E-state index is 12.5. The molecule has 1 saturated heterocycles. The number of urea groups is 1. The SMILES string of the molecule is CC(=O)N(CC1CCCN1C(=O)Nc1cccc(C)n1)C1CC1. The maximum Gasteiger partial charge on any atom is 0.323 e. The number of aryl methyl sites for hydroxylation is 1. The summed E-state index contributed by atoms with van der Waals surface area (Å²) in [6, 6.07) is 5.94. The van der Waals surface area contributed by atoms with E-state index in [0.717, 1.165) is 37.9 Å². The lowest BCUT2D eigenvalue weighted by molar-refractivity contribution is -0.130. The highest BCUT2D eigenvalue weighted by molar-refractivity contribution is 5.88. The summed E-state index contributed by atoms with van der Waals surface area (Å²) in [5.41, 5.74) is 0.872. The Morgan fingerprint density at radius 1 is 1.35 bits per heavy atom. The number of rotatable bonds is 4. The van der Waals surface area contributed by atoms with Crippen LogP contribution in [0.2, 0.25) is 0 Å². The molecule has 6 nitrogen and oxygen atoms in total. The van der Waals surface area contributed by atoms with Gasteiger partial charge in [-0.1, -0.05) is 6.07 Å². The Balaban J connectivity index is 1.63. The molecule has 1 unspecified atom stereocenters. The van der Waals surface area contributed by atoms with E-state index >= 15 is 0 Å². The molecule has 1 aliphatic carbocycles. The van der Waals surface area contributed by atoms with Crippen molar-refractivity contribution in [3.05, 3.63) is 23.9 Å². The van der Waals surface area contributed by atoms with Gasteiger partial charge in [0.25, 0.3) is 0 Å². The lowest BCUT2D eigenvalue weighted by Crippen LogP contribution is -2.46. The number of carbonyl (C=O) groups excluding carboxylic acids is 2. The number of pyridine rings is 1. The number of carbonyl (C=O) groups is 2. The minimum absolute atomic E-state index is 0.101. The van der Waals surface area contributed by atoms with E-state index in [9.17, 15) is 9.59 Å². The molecule has 124 valence electrons. The lowest BCUT2D eigenvalue weighted by atomic mass is 10.2. The predicted molar refractivity (Wildman–Crippen MR) is 88.1 cm³/mol. The third kappa shape index (κ3) is 3.81. The van der Waals surface area contributed by atoms with Crippen molar-refractivity contribution in [3.8, 4) is 0 Å². The normalized spacial score (nSPS) is 20.4. The van der Waals surface area contributed by atoms with Gasteiger partial charge in [-0.2, -0.15) is 0 Å². The van der Waals surface area contributed by atoms with Crippen molar-refractivity contribution in [2.45, 2.75) is 51.6 Å². The van der Waals surface area contributed by atoms with Crippen molar-refractivity contribution >= 4 is 17.8 Å². The molecule has 0 bridgehead atoms. The van der Waals surface area contributed by atoms with Crippen molar-refractivity contribution < 1.29 is 9.59 Å². The van der Waals surface area contributed by atoms with E-state index < -0.39 is 0 Å². The van der Waals surface area contributed by atoms with Crippen LogP contribution in [0.4, 0.5) is 10.6 Å². The molecule has 1 aliphatic heterocycles. The summed E-state index contributed by atoms with van der Waals surface area (Å²) < 4.78 is 0. The number of nitrogens with one attached hydrogen (secondary N) is 1. The van der Waals surface area contributed by atoms with Gasteiger partial charge in [-0.15, -0.1) is 0 Å². The van der Waals surface area contributed by atoms with Gasteiger partial charge in [-0.05, 0) is 44.7 Å². The van der Waals surface area contributed by atoms with Crippen molar-refractivity contribution in [2.75, 3.05) is 18.4 Å². The Morgan fingerprint density at radius 3 is 2.78 bits per heavy atom. The first kappa shape index (κ1) is 15.8. The van der Waals surface area contributed by atoms with Crippen LogP contribution in [-0.2, 0) is 4.79 Å². The monoisotopic (exact) mass is 316 g/mol. The summed E-state index contributed by atoms with van der Waals surface area (Å²) in [5, 5.41) is 2.87. The molecule has 1 atom stereocenters. The second-order valence-corrected chi connectivity index (χ2v) is 6.49. The third-order valence-electron chi connectivity index (χ3n) is 4.56. The lowest BCUT2D eigenvalue weighted by Gasteiger charge is -2.30. The van der Waals surface area contributed by atoms with Crippen LogP contribution in [0.15, 0.2) is 18.2 Å². The van der Waals surface area contributed by atoms with Crippen molar-refractivity contribution in [2.24, 2.45) is 0 Å². The molecular weight excluding hydrogens is 292 g/mol. The molecule has 2 fully saturated rings. The second-order valence-electron chi connectivity index (χ2n) is 6.49. The maximum absolute atomic E-state index is 12.5. The van der Waals surface area contributed by atoms with E-state index in [1.54, 1.807) is 13.0 Å². The molecule has 1 N–H and O–H groups in total. The van der Waals surface area contributed by atoms with E-state index in [1.165, 1.54) is 0 Å². The number of hydrogen-bond donors (Lipinski definition) is 1. The largest absolute Gasteiger partial charge is 0.338 e. The first-order chi connectivity index (χ1) is 11.0. The number of amides is 3. The van der Waals surface area contributed by atoms with E-state index in [2.05, 4.69) is 10.3 Å². The van der Waals surface area contributed by atoms with Crippen LogP contribution in [-0.4, -0.2) is 51.9 Å². The molecule has 2 heterocycles. The zero-order valence-electron chi connectivity index (χ0n) is 13.8. The quantitative estimate of drug-likeness (QED) is 0.927. The number of likely N-dealkylation sites (tertiary alicyclic amines) is 1. The summed E-state index contributed by atoms with van der Waals surface area (Å²) in [7, 11) is 0. The van der Waals surface area contributed by atoms with Gasteiger partial charge in [0.15, 0.2) is 0 Å². The van der Waals surface area contributed by atoms with Gasteiger partial charge in [0.05, 0.1) is 6.04 Å². The number of anilines is 1. The Bertz CT molecular complexity index is 600. The topological polar surface area (TPSA) is 65.5 Å². The Kier molecular flexibility index (Phi) is 4.50. The van der Waals surface area contributed by atoms with Crippen LogP contribution >= 0.6 is 0 Å². The van der Waals surface area contributed by atoms with Crippen molar-refractivity contribution in [1.82, 2.24) is 14.8 Å². The fourth-order valence-electron chi connectivity index (χ4n) is 3.23. The number of aromatic nitrogens is 1. The summed E-state index contributed by atoms with van der Waals surface area (Å²) in [4.78, 5) is 32.5. The van der Waals surface area contributed by atoms with Crippen LogP contribution in [0.1, 0.15) is 38.3 Å². The molecule has 3 rings (SSSR count). The van der Waals surface area contributed by atoms with Crippen LogP contribution in [0.25, 0.3) is 0 Å². The third-order valence-corrected chi connectivity index (χ3v) is 4.56. The zero-order chi connectivity index (χ0) is 16.4. The number of hydrogen-bond acceptors (Lipinski definition) is 3. The molecule has 6 heteroatoms. The number of nitrogens with zero attached hydrogens (tertiary/aromatic N) is 3. The van der Waals surface area contributed by atoms with Crippen molar-refractivity contribution in [1.29, 1.82) is 0 Å². The van der Waals surface area contributed by atoms with E-state index in [1.807, 2.05) is 28.9 Å². The predicted octanol–water partition coefficient (Wildman–Crippen LogP) is 2.40. The highest BCUT2D eigenvalue weighted by atomic mass is 16.2. The van der Waals surface area contributed by atoms with Crippen molar-refractivity contribution in [3.63, 3.8) is 0 Å². The first-order valence-electron chi connectivity index (χ1n) is 8.33. The second kappa shape index (κ2) is 6.56. The molecular formula is C17H24N4O2. The van der Waals surface area contributed by atoms with E-state index in [0.29, 0.717) is 18.4 Å². The van der Waals surface area contributed by atoms with Crippen LogP contribution in [0.5, 0.6) is 0 Å². The van der Waals surface area contributed by atoms with Gasteiger partial charge in [-0.3, -0.25) is 10.1 Å². The molecule has 0 spiro atoms. The van der Waals surface area contributed by atoms with E-state index in [4.69, 9.17) is 0 Å². The molecule has 3 amide bonds. The standard InChI is InChI=1S/C17H24N4O2/c1-12-5-3-7-16(18-12)19-17(23)20-10-4-6-15(20)11-21(13(2)22)14-8-9-14/h3,5,7,14-15H,4,6,8-11H2,1-2H3,(H,18,19,23). The molecule has 1 aromatic rings. The highest BCUT2D eigenvalue weighted by Crippen LogP contribution is 2.29. The van der Waals surface area contributed by atoms with Crippen LogP contribution in [0, 0.1) is 6.92 Å². The molecule has 1 aromatic heterocycles. The average molecular weight is 316 g/mol. The summed E-state index contributed by atoms with van der Waals surface area (Å²) in [6.07, 6.45) is 4.11. The van der Waals surface area contributed by atoms with Gasteiger partial charge in [0.1, 0.15) is 5.82 Å². The smallest absolute Gasteiger partial charge is 0.323 e. The fraction of sp³-hybridized carbons (Fsp3) is 0.588. The summed E-state index contributed by atoms with van der Waals surface area (Å²) in [5.74, 6) is 0.686. The zero-order valence-corrected chi connectivity index (χ0v) is 13.8. The van der Waals surface area contributed by atoms with Gasteiger partial charge in [-0.25, -0.2) is 9.78 Å². The Labute approximate surface area is 136 Å². The van der Waals surface area contributed by atoms with Gasteiger partial charge in [0.2, 0.25) is 5.91 Å². The Morgan fingerprint density at radius 2 is 2.13 bits per heavy atom.